The van der Waals surface area contributed by atoms with Crippen molar-refractivity contribution >= 4 is 33.2 Å². The normalized spacial score (nSPS) is 18.8. The number of hydrogen-bond acceptors (Lipinski definition) is 4. The van der Waals surface area contributed by atoms with Gasteiger partial charge in [-0.05, 0) is 31.5 Å². The van der Waals surface area contributed by atoms with E-state index < -0.39 is 16.1 Å². The van der Waals surface area contributed by atoms with Crippen LogP contribution in [-0.2, 0) is 14.8 Å². The summed E-state index contributed by atoms with van der Waals surface area (Å²) in [6.45, 7) is 3.87. The van der Waals surface area contributed by atoms with E-state index >= 15 is 0 Å². The number of fused-ring (bicyclic) bond motifs is 1. The number of sulfonamides is 1. The number of carbonyl (C=O) groups is 1. The molecule has 1 aliphatic rings. The fourth-order valence-electron chi connectivity index (χ4n) is 2.52. The Morgan fingerprint density at radius 2 is 2.22 bits per heavy atom. The Bertz CT molecular complexity index is 693. The summed E-state index contributed by atoms with van der Waals surface area (Å²) in [7, 11) is -3.55. The van der Waals surface area contributed by atoms with Crippen LogP contribution in [0.1, 0.15) is 26.7 Å². The molecule has 0 bridgehead atoms. The number of halogens is 1. The third-order valence-corrected chi connectivity index (χ3v) is 4.98. The molecule has 0 aliphatic carbocycles. The van der Waals surface area contributed by atoms with Gasteiger partial charge in [0.25, 0.3) is 5.91 Å². The zero-order valence-corrected chi connectivity index (χ0v) is 14.9. The van der Waals surface area contributed by atoms with Gasteiger partial charge in [-0.2, -0.15) is 0 Å². The number of anilines is 1. The predicted molar refractivity (Wildman–Crippen MR) is 90.6 cm³/mol. The number of ether oxygens (including phenoxy) is 1. The van der Waals surface area contributed by atoms with Crippen molar-refractivity contribution in [3.8, 4) is 5.75 Å². The summed E-state index contributed by atoms with van der Waals surface area (Å²) in [5.41, 5.74) is 0.352. The smallest absolute Gasteiger partial charge is 0.263 e. The average molecular weight is 361 g/mol. The molecule has 1 aromatic carbocycles. The standard InChI is InChI=1S/C15H21ClN2O4S/c1-4-5-10(2)17-15(19)14-9-18(23(3,20)21)12-8-11(16)6-7-13(12)22-14/h6-8,10,14H,4-5,9H2,1-3H3,(H,17,19)/t10-,14+/m1/s1. The van der Waals surface area contributed by atoms with Crippen LogP contribution in [0.15, 0.2) is 18.2 Å². The van der Waals surface area contributed by atoms with Crippen molar-refractivity contribution in [2.75, 3.05) is 17.1 Å². The Balaban J connectivity index is 2.27. The molecule has 0 saturated carbocycles. The highest BCUT2D eigenvalue weighted by Gasteiger charge is 2.35. The monoisotopic (exact) mass is 360 g/mol. The minimum atomic E-state index is -3.55. The van der Waals surface area contributed by atoms with Gasteiger partial charge in [0.15, 0.2) is 6.10 Å². The molecule has 0 unspecified atom stereocenters. The van der Waals surface area contributed by atoms with Crippen LogP contribution in [0.3, 0.4) is 0 Å². The molecule has 0 fully saturated rings. The van der Waals surface area contributed by atoms with E-state index in [2.05, 4.69) is 5.32 Å². The van der Waals surface area contributed by atoms with Crippen LogP contribution < -0.4 is 14.4 Å². The molecule has 1 N–H and O–H groups in total. The molecule has 1 aliphatic heterocycles. The summed E-state index contributed by atoms with van der Waals surface area (Å²) in [5.74, 6) is 0.00886. The van der Waals surface area contributed by atoms with Crippen molar-refractivity contribution in [1.82, 2.24) is 5.32 Å². The van der Waals surface area contributed by atoms with Gasteiger partial charge in [0.2, 0.25) is 10.0 Å². The first-order valence-corrected chi connectivity index (χ1v) is 9.69. The van der Waals surface area contributed by atoms with Crippen molar-refractivity contribution in [3.05, 3.63) is 23.2 Å². The molecule has 0 saturated heterocycles. The summed E-state index contributed by atoms with van der Waals surface area (Å²) >= 11 is 5.94. The van der Waals surface area contributed by atoms with Gasteiger partial charge < -0.3 is 10.1 Å². The Morgan fingerprint density at radius 3 is 2.83 bits per heavy atom. The van der Waals surface area contributed by atoms with Gasteiger partial charge in [0.05, 0.1) is 18.5 Å². The van der Waals surface area contributed by atoms with Crippen LogP contribution in [0.5, 0.6) is 5.75 Å². The topological polar surface area (TPSA) is 75.7 Å². The number of nitrogens with one attached hydrogen (secondary N) is 1. The first-order chi connectivity index (χ1) is 10.7. The van der Waals surface area contributed by atoms with Crippen molar-refractivity contribution in [1.29, 1.82) is 0 Å². The van der Waals surface area contributed by atoms with Crippen LogP contribution >= 0.6 is 11.6 Å². The molecular formula is C15H21ClN2O4S. The molecule has 1 amide bonds. The molecule has 0 radical (unpaired) electrons. The Kier molecular flexibility index (Phi) is 5.41. The maximum atomic E-state index is 12.3. The molecule has 2 atom stereocenters. The maximum Gasteiger partial charge on any atom is 0.263 e. The van der Waals surface area contributed by atoms with Crippen LogP contribution in [0.25, 0.3) is 0 Å². The minimum absolute atomic E-state index is 0.00870. The van der Waals surface area contributed by atoms with Crippen LogP contribution in [-0.4, -0.2) is 39.3 Å². The van der Waals surface area contributed by atoms with Gasteiger partial charge in [0, 0.05) is 11.1 Å². The quantitative estimate of drug-likeness (QED) is 0.873. The second kappa shape index (κ2) is 6.97. The van der Waals surface area contributed by atoms with Gasteiger partial charge in [-0.1, -0.05) is 24.9 Å². The fourth-order valence-corrected chi connectivity index (χ4v) is 3.59. The highest BCUT2D eigenvalue weighted by atomic mass is 35.5. The Morgan fingerprint density at radius 1 is 1.52 bits per heavy atom. The minimum Gasteiger partial charge on any atom is -0.476 e. The SMILES string of the molecule is CCC[C@@H](C)NC(=O)[C@@H]1CN(S(C)(=O)=O)c2cc(Cl)ccc2O1. The lowest BCUT2D eigenvalue weighted by Gasteiger charge is -2.34. The first-order valence-electron chi connectivity index (χ1n) is 7.46. The lowest BCUT2D eigenvalue weighted by molar-refractivity contribution is -0.128. The van der Waals surface area contributed by atoms with E-state index in [9.17, 15) is 13.2 Å². The molecule has 128 valence electrons. The zero-order chi connectivity index (χ0) is 17.2. The molecule has 2 rings (SSSR count). The molecule has 1 aromatic rings. The van der Waals surface area contributed by atoms with E-state index in [-0.39, 0.29) is 18.5 Å². The van der Waals surface area contributed by atoms with Crippen LogP contribution in [0.2, 0.25) is 5.02 Å². The average Bonchev–Trinajstić information content (AvgIpc) is 2.45. The Hall–Kier alpha value is -1.47. The van der Waals surface area contributed by atoms with E-state index in [0.29, 0.717) is 16.5 Å². The number of nitrogens with zero attached hydrogens (tertiary/aromatic N) is 1. The predicted octanol–water partition coefficient (Wildman–Crippen LogP) is 2.17. The third kappa shape index (κ3) is 4.29. The van der Waals surface area contributed by atoms with E-state index in [1.165, 1.54) is 6.07 Å². The second-order valence-electron chi connectivity index (χ2n) is 5.71. The fraction of sp³-hybridized carbons (Fsp3) is 0.533. The molecule has 0 spiro atoms. The van der Waals surface area contributed by atoms with Crippen molar-refractivity contribution < 1.29 is 17.9 Å². The first kappa shape index (κ1) is 17.9. The molecule has 8 heteroatoms. The molecule has 0 aromatic heterocycles. The lowest BCUT2D eigenvalue weighted by Crippen LogP contribution is -2.52. The Labute approximate surface area is 141 Å². The molecule has 23 heavy (non-hydrogen) atoms. The maximum absolute atomic E-state index is 12.3. The summed E-state index contributed by atoms with van der Waals surface area (Å²) in [5, 5.41) is 3.26. The largest absolute Gasteiger partial charge is 0.476 e. The van der Waals surface area contributed by atoms with Gasteiger partial charge >= 0.3 is 0 Å². The highest BCUT2D eigenvalue weighted by molar-refractivity contribution is 7.92. The van der Waals surface area contributed by atoms with Crippen molar-refractivity contribution in [3.63, 3.8) is 0 Å². The zero-order valence-electron chi connectivity index (χ0n) is 13.4. The van der Waals surface area contributed by atoms with Crippen molar-refractivity contribution in [2.45, 2.75) is 38.8 Å². The van der Waals surface area contributed by atoms with Gasteiger partial charge in [0.1, 0.15) is 5.75 Å². The lowest BCUT2D eigenvalue weighted by atomic mass is 10.1. The number of benzene rings is 1. The summed E-state index contributed by atoms with van der Waals surface area (Å²) < 4.78 is 30.9. The highest BCUT2D eigenvalue weighted by Crippen LogP contribution is 2.37. The van der Waals surface area contributed by atoms with Crippen LogP contribution in [0.4, 0.5) is 5.69 Å². The van der Waals surface area contributed by atoms with Crippen molar-refractivity contribution in [2.24, 2.45) is 0 Å². The number of rotatable bonds is 5. The summed E-state index contributed by atoms with van der Waals surface area (Å²) in [6.07, 6.45) is 2.00. The summed E-state index contributed by atoms with van der Waals surface area (Å²) in [6, 6.07) is 4.70. The molecule has 1 heterocycles. The number of hydrogen-bond donors (Lipinski definition) is 1. The van der Waals surface area contributed by atoms with E-state index in [1.54, 1.807) is 12.1 Å². The van der Waals surface area contributed by atoms with Gasteiger partial charge in [-0.25, -0.2) is 8.42 Å². The van der Waals surface area contributed by atoms with E-state index in [4.69, 9.17) is 16.3 Å². The summed E-state index contributed by atoms with van der Waals surface area (Å²) in [4.78, 5) is 12.3. The van der Waals surface area contributed by atoms with Crippen LogP contribution in [0, 0.1) is 0 Å². The molecular weight excluding hydrogens is 340 g/mol. The van der Waals surface area contributed by atoms with Gasteiger partial charge in [-0.15, -0.1) is 0 Å². The molecule has 6 nitrogen and oxygen atoms in total. The third-order valence-electron chi connectivity index (χ3n) is 3.59. The van der Waals surface area contributed by atoms with E-state index in [0.717, 1.165) is 23.4 Å². The number of amides is 1. The van der Waals surface area contributed by atoms with E-state index in [1.807, 2.05) is 13.8 Å². The second-order valence-corrected chi connectivity index (χ2v) is 8.05. The number of carbonyl (C=O) groups excluding carboxylic acids is 1. The van der Waals surface area contributed by atoms with Gasteiger partial charge in [-0.3, -0.25) is 9.10 Å².